The van der Waals surface area contributed by atoms with Crippen molar-refractivity contribution in [3.8, 4) is 5.75 Å². The van der Waals surface area contributed by atoms with Crippen molar-refractivity contribution in [1.82, 2.24) is 9.55 Å². The second kappa shape index (κ2) is 11.1. The lowest BCUT2D eigenvalue weighted by Gasteiger charge is -2.33. The molecule has 0 radical (unpaired) electrons. The second-order valence-corrected chi connectivity index (χ2v) is 13.1. The highest BCUT2D eigenvalue weighted by Gasteiger charge is 2.41. The molecule has 11 heteroatoms. The highest BCUT2D eigenvalue weighted by atomic mass is 31.2. The van der Waals surface area contributed by atoms with Crippen molar-refractivity contribution in [2.75, 3.05) is 6.61 Å². The molecule has 3 unspecified atom stereocenters. The van der Waals surface area contributed by atoms with Gasteiger partial charge in [-0.25, -0.2) is 13.8 Å². The van der Waals surface area contributed by atoms with E-state index in [1.54, 1.807) is 13.0 Å². The largest absolute Gasteiger partial charge is 0.530 e. The van der Waals surface area contributed by atoms with Crippen LogP contribution >= 0.6 is 7.82 Å². The fraction of sp³-hybridized carbons (Fsp3) is 0.630. The topological polar surface area (TPSA) is 109 Å². The van der Waals surface area contributed by atoms with Crippen LogP contribution in [0.25, 0.3) is 0 Å². The van der Waals surface area contributed by atoms with E-state index in [4.69, 9.17) is 18.3 Å². The standard InChI is InChI=1S/C25H34FN2O7P.C2H6/c1-14-11-28(23(30)27-22(14)29)19-9-8-15(34-19)12-32-36(31)33-13-16-20(26)17(24(2,3)4)10-18(21(16)35-36)25(5,6)7;1-2/h10-11,15,19H,8-9,12-13H2,1-7H3,(H,27,29,30);1-2H3. The van der Waals surface area contributed by atoms with Crippen LogP contribution in [0.4, 0.5) is 4.39 Å². The number of aromatic nitrogens is 2. The van der Waals surface area contributed by atoms with Crippen LogP contribution in [0.5, 0.6) is 5.75 Å². The van der Waals surface area contributed by atoms with Gasteiger partial charge in [-0.1, -0.05) is 55.4 Å². The lowest BCUT2D eigenvalue weighted by atomic mass is 9.78. The normalized spacial score (nSPS) is 23.3. The molecule has 1 aromatic carbocycles. The molecule has 1 fully saturated rings. The van der Waals surface area contributed by atoms with Gasteiger partial charge in [-0.3, -0.25) is 23.4 Å². The monoisotopic (exact) mass is 554 g/mol. The molecule has 0 spiro atoms. The molecule has 3 heterocycles. The van der Waals surface area contributed by atoms with Crippen molar-refractivity contribution < 1.29 is 27.3 Å². The molecule has 1 saturated heterocycles. The average Bonchev–Trinajstić information content (AvgIpc) is 3.29. The molecule has 2 aliphatic rings. The fourth-order valence-electron chi connectivity index (χ4n) is 4.37. The van der Waals surface area contributed by atoms with Crippen LogP contribution in [0, 0.1) is 12.7 Å². The molecule has 0 amide bonds. The van der Waals surface area contributed by atoms with E-state index in [1.165, 1.54) is 10.8 Å². The first-order valence-corrected chi connectivity index (χ1v) is 14.5. The summed E-state index contributed by atoms with van der Waals surface area (Å²) < 4.78 is 52.8. The molecule has 2 aliphatic heterocycles. The van der Waals surface area contributed by atoms with E-state index in [-0.39, 0.29) is 24.5 Å². The number of halogens is 1. The van der Waals surface area contributed by atoms with Crippen LogP contribution in [0.15, 0.2) is 21.9 Å². The Labute approximate surface area is 223 Å². The van der Waals surface area contributed by atoms with Gasteiger partial charge >= 0.3 is 13.5 Å². The molecular weight excluding hydrogens is 514 g/mol. The summed E-state index contributed by atoms with van der Waals surface area (Å²) in [5, 5.41) is 0. The van der Waals surface area contributed by atoms with E-state index in [9.17, 15) is 14.2 Å². The highest BCUT2D eigenvalue weighted by Crippen LogP contribution is 2.58. The molecule has 9 nitrogen and oxygen atoms in total. The second-order valence-electron chi connectivity index (χ2n) is 11.5. The number of benzene rings is 1. The highest BCUT2D eigenvalue weighted by molar-refractivity contribution is 7.49. The maximum atomic E-state index is 15.4. The smallest absolute Gasteiger partial charge is 0.403 e. The predicted octanol–water partition coefficient (Wildman–Crippen LogP) is 6.02. The van der Waals surface area contributed by atoms with Crippen LogP contribution in [-0.2, 0) is 35.8 Å². The minimum Gasteiger partial charge on any atom is -0.403 e. The Morgan fingerprint density at radius 1 is 1.11 bits per heavy atom. The maximum Gasteiger partial charge on any atom is 0.530 e. The molecule has 38 heavy (non-hydrogen) atoms. The number of H-pyrrole nitrogens is 1. The minimum atomic E-state index is -4.05. The molecule has 0 aliphatic carbocycles. The Bertz CT molecular complexity index is 1340. The number of ether oxygens (including phenoxy) is 1. The van der Waals surface area contributed by atoms with Crippen molar-refractivity contribution >= 4 is 7.82 Å². The molecule has 212 valence electrons. The summed E-state index contributed by atoms with van der Waals surface area (Å²) in [5.74, 6) is -0.233. The Morgan fingerprint density at radius 2 is 1.74 bits per heavy atom. The van der Waals surface area contributed by atoms with E-state index in [0.29, 0.717) is 24.0 Å². The number of aryl methyl sites for hydroxylation is 1. The number of rotatable bonds is 4. The summed E-state index contributed by atoms with van der Waals surface area (Å²) in [5.41, 5.74) is 0.0131. The van der Waals surface area contributed by atoms with E-state index >= 15 is 4.39 Å². The van der Waals surface area contributed by atoms with Crippen LogP contribution in [0.3, 0.4) is 0 Å². The number of hydrogen-bond donors (Lipinski definition) is 1. The Morgan fingerprint density at radius 3 is 2.34 bits per heavy atom. The first-order valence-electron chi connectivity index (χ1n) is 13.0. The van der Waals surface area contributed by atoms with E-state index in [2.05, 4.69) is 4.98 Å². The number of fused-ring (bicyclic) bond motifs is 1. The summed E-state index contributed by atoms with van der Waals surface area (Å²) in [6.07, 6.45) is 1.42. The van der Waals surface area contributed by atoms with Gasteiger partial charge in [0.25, 0.3) is 5.56 Å². The molecule has 3 atom stereocenters. The van der Waals surface area contributed by atoms with Crippen LogP contribution < -0.4 is 15.8 Å². The molecule has 0 bridgehead atoms. The van der Waals surface area contributed by atoms with Crippen molar-refractivity contribution in [2.45, 2.75) is 105 Å². The first-order chi connectivity index (χ1) is 17.6. The molecule has 1 N–H and O–H groups in total. The zero-order chi connectivity index (χ0) is 28.6. The number of aromatic amines is 1. The van der Waals surface area contributed by atoms with Crippen molar-refractivity contribution in [3.05, 3.63) is 61.2 Å². The Kier molecular flexibility index (Phi) is 8.83. The van der Waals surface area contributed by atoms with Gasteiger partial charge in [0.15, 0.2) is 0 Å². The maximum absolute atomic E-state index is 15.4. The lowest BCUT2D eigenvalue weighted by molar-refractivity contribution is -0.0266. The van der Waals surface area contributed by atoms with Gasteiger partial charge in [-0.05, 0) is 42.2 Å². The van der Waals surface area contributed by atoms with Gasteiger partial charge in [0.2, 0.25) is 0 Å². The third-order valence-electron chi connectivity index (χ3n) is 6.45. The van der Waals surface area contributed by atoms with Crippen LogP contribution in [-0.4, -0.2) is 22.3 Å². The summed E-state index contributed by atoms with van der Waals surface area (Å²) in [7, 11) is -4.05. The molecule has 1 aromatic heterocycles. The van der Waals surface area contributed by atoms with Crippen molar-refractivity contribution in [1.29, 1.82) is 0 Å². The van der Waals surface area contributed by atoms with Crippen LogP contribution in [0.1, 0.15) is 96.7 Å². The van der Waals surface area contributed by atoms with Gasteiger partial charge in [0.1, 0.15) is 17.8 Å². The van der Waals surface area contributed by atoms with Gasteiger partial charge in [0.05, 0.1) is 24.9 Å². The number of hydrogen-bond acceptors (Lipinski definition) is 7. The molecule has 2 aromatic rings. The van der Waals surface area contributed by atoms with E-state index in [1.807, 2.05) is 55.4 Å². The van der Waals surface area contributed by atoms with E-state index in [0.717, 1.165) is 5.56 Å². The predicted molar refractivity (Wildman–Crippen MR) is 143 cm³/mol. The molecule has 4 rings (SSSR count). The molecular formula is C27H40FN2O7P. The van der Waals surface area contributed by atoms with Gasteiger partial charge in [-0.2, -0.15) is 0 Å². The summed E-state index contributed by atoms with van der Waals surface area (Å²) >= 11 is 0. The zero-order valence-electron chi connectivity index (χ0n) is 23.8. The number of nitrogens with one attached hydrogen (secondary N) is 1. The number of phosphoric acid groups is 1. The van der Waals surface area contributed by atoms with Gasteiger partial charge < -0.3 is 9.26 Å². The Hall–Kier alpha value is -2.26. The SMILES string of the molecule is CC.Cc1cn(C2CCC(COP3(=O)OCc4c(F)c(C(C)(C)C)cc(C(C)(C)C)c4O3)O2)c(=O)[nH]c1=O. The van der Waals surface area contributed by atoms with Crippen molar-refractivity contribution in [2.24, 2.45) is 0 Å². The summed E-state index contributed by atoms with van der Waals surface area (Å²) in [4.78, 5) is 26.1. The summed E-state index contributed by atoms with van der Waals surface area (Å²) in [6, 6.07) is 1.78. The van der Waals surface area contributed by atoms with E-state index < -0.39 is 48.1 Å². The first kappa shape index (κ1) is 30.3. The fourth-order valence-corrected chi connectivity index (χ4v) is 5.62. The van der Waals surface area contributed by atoms with Gasteiger partial charge in [-0.15, -0.1) is 0 Å². The Balaban J connectivity index is 0.00000195. The average molecular weight is 555 g/mol. The van der Waals surface area contributed by atoms with Crippen molar-refractivity contribution in [3.63, 3.8) is 0 Å². The number of phosphoric ester groups is 1. The number of nitrogens with zero attached hydrogens (tertiary/aromatic N) is 1. The minimum absolute atomic E-state index is 0.104. The summed E-state index contributed by atoms with van der Waals surface area (Å²) in [6.45, 7) is 17.0. The third kappa shape index (κ3) is 6.30. The zero-order valence-corrected chi connectivity index (χ0v) is 24.7. The quantitative estimate of drug-likeness (QED) is 0.461. The van der Waals surface area contributed by atoms with Gasteiger partial charge in [0, 0.05) is 17.3 Å². The van der Waals surface area contributed by atoms with Crippen LogP contribution in [0.2, 0.25) is 0 Å². The lowest BCUT2D eigenvalue weighted by Crippen LogP contribution is -2.33. The third-order valence-corrected chi connectivity index (χ3v) is 7.77. The molecule has 0 saturated carbocycles.